The van der Waals surface area contributed by atoms with Gasteiger partial charge in [0, 0.05) is 6.04 Å². The molecule has 0 saturated heterocycles. The standard InChI is InChI=1S/C11H16F5NO/c1-9(2)5-3-4-7(6-9)17-8(18)10(12,13)11(14,15)16/h7H,3-6H2,1-2H3,(H,17,18). The maximum atomic E-state index is 12.7. The van der Waals surface area contributed by atoms with Crippen LogP contribution >= 0.6 is 0 Å². The largest absolute Gasteiger partial charge is 0.463 e. The summed E-state index contributed by atoms with van der Waals surface area (Å²) in [7, 11) is 0. The van der Waals surface area contributed by atoms with Crippen LogP contribution in [0.2, 0.25) is 0 Å². The van der Waals surface area contributed by atoms with E-state index in [1.807, 2.05) is 19.2 Å². The van der Waals surface area contributed by atoms with Crippen molar-refractivity contribution >= 4 is 5.91 Å². The third-order valence-corrected chi connectivity index (χ3v) is 3.18. The molecule has 0 radical (unpaired) electrons. The molecule has 0 bridgehead atoms. The van der Waals surface area contributed by atoms with Crippen LogP contribution in [0.5, 0.6) is 0 Å². The number of alkyl halides is 5. The van der Waals surface area contributed by atoms with Crippen LogP contribution in [0.15, 0.2) is 0 Å². The highest BCUT2D eigenvalue weighted by atomic mass is 19.4. The number of nitrogens with one attached hydrogen (secondary N) is 1. The molecule has 1 rings (SSSR count). The van der Waals surface area contributed by atoms with Crippen molar-refractivity contribution in [1.29, 1.82) is 0 Å². The summed E-state index contributed by atoms with van der Waals surface area (Å²) in [6, 6.07) is -0.616. The Labute approximate surface area is 102 Å². The first-order valence-corrected chi connectivity index (χ1v) is 5.71. The molecule has 1 amide bonds. The van der Waals surface area contributed by atoms with Gasteiger partial charge in [0.05, 0.1) is 0 Å². The van der Waals surface area contributed by atoms with Crippen molar-refractivity contribution in [1.82, 2.24) is 5.32 Å². The second-order valence-electron chi connectivity index (χ2n) is 5.50. The summed E-state index contributed by atoms with van der Waals surface area (Å²) in [4.78, 5) is 11.0. The van der Waals surface area contributed by atoms with Crippen LogP contribution in [0.4, 0.5) is 22.0 Å². The van der Waals surface area contributed by atoms with Gasteiger partial charge in [0.2, 0.25) is 0 Å². The van der Waals surface area contributed by atoms with E-state index in [4.69, 9.17) is 0 Å². The molecular formula is C11H16F5NO. The third-order valence-electron chi connectivity index (χ3n) is 3.18. The number of halogens is 5. The lowest BCUT2D eigenvalue weighted by molar-refractivity contribution is -0.270. The van der Waals surface area contributed by atoms with Gasteiger partial charge in [-0.15, -0.1) is 0 Å². The van der Waals surface area contributed by atoms with Crippen LogP contribution in [-0.2, 0) is 4.79 Å². The summed E-state index contributed by atoms with van der Waals surface area (Å²) >= 11 is 0. The van der Waals surface area contributed by atoms with Crippen LogP contribution in [0.25, 0.3) is 0 Å². The predicted octanol–water partition coefficient (Wildman–Crippen LogP) is 3.27. The van der Waals surface area contributed by atoms with Gasteiger partial charge in [0.25, 0.3) is 0 Å². The molecule has 1 N–H and O–H groups in total. The fraction of sp³-hybridized carbons (Fsp3) is 0.909. The lowest BCUT2D eigenvalue weighted by Crippen LogP contribution is -2.54. The van der Waals surface area contributed by atoms with Crippen molar-refractivity contribution in [2.75, 3.05) is 0 Å². The van der Waals surface area contributed by atoms with Crippen LogP contribution in [0, 0.1) is 5.41 Å². The van der Waals surface area contributed by atoms with E-state index in [1.165, 1.54) is 0 Å². The molecule has 106 valence electrons. The highest BCUT2D eigenvalue weighted by Crippen LogP contribution is 2.38. The van der Waals surface area contributed by atoms with E-state index in [1.54, 1.807) is 0 Å². The Balaban J connectivity index is 2.65. The fourth-order valence-corrected chi connectivity index (χ4v) is 2.23. The number of amides is 1. The minimum Gasteiger partial charge on any atom is -0.348 e. The lowest BCUT2D eigenvalue weighted by atomic mass is 9.75. The Morgan fingerprint density at radius 3 is 2.22 bits per heavy atom. The van der Waals surface area contributed by atoms with E-state index >= 15 is 0 Å². The molecule has 0 heterocycles. The van der Waals surface area contributed by atoms with E-state index < -0.39 is 24.0 Å². The molecule has 0 aromatic heterocycles. The molecule has 0 aliphatic heterocycles. The molecule has 1 unspecified atom stereocenters. The second-order valence-corrected chi connectivity index (χ2v) is 5.50. The molecule has 7 heteroatoms. The second kappa shape index (κ2) is 4.66. The summed E-state index contributed by atoms with van der Waals surface area (Å²) in [6.45, 7) is 3.79. The molecule has 1 aliphatic rings. The zero-order valence-corrected chi connectivity index (χ0v) is 10.2. The normalized spacial score (nSPS) is 24.7. The zero-order valence-electron chi connectivity index (χ0n) is 10.2. The minimum atomic E-state index is -5.85. The van der Waals surface area contributed by atoms with Gasteiger partial charge in [0.1, 0.15) is 0 Å². The van der Waals surface area contributed by atoms with Gasteiger partial charge in [-0.1, -0.05) is 20.3 Å². The number of rotatable bonds is 2. The van der Waals surface area contributed by atoms with Crippen LogP contribution < -0.4 is 5.32 Å². The first-order chi connectivity index (χ1) is 7.96. The molecule has 0 spiro atoms. The van der Waals surface area contributed by atoms with E-state index in [2.05, 4.69) is 0 Å². The van der Waals surface area contributed by atoms with Crippen molar-refractivity contribution in [3.05, 3.63) is 0 Å². The van der Waals surface area contributed by atoms with Gasteiger partial charge in [-0.2, -0.15) is 22.0 Å². The summed E-state index contributed by atoms with van der Waals surface area (Å²) in [5, 5.41) is 1.81. The molecule has 1 fully saturated rings. The van der Waals surface area contributed by atoms with Crippen LogP contribution in [-0.4, -0.2) is 24.0 Å². The van der Waals surface area contributed by atoms with Crippen molar-refractivity contribution in [3.8, 4) is 0 Å². The Kier molecular flexibility index (Phi) is 3.93. The van der Waals surface area contributed by atoms with E-state index in [0.717, 1.165) is 6.42 Å². The number of carbonyl (C=O) groups is 1. The van der Waals surface area contributed by atoms with Gasteiger partial charge in [-0.3, -0.25) is 4.79 Å². The molecule has 18 heavy (non-hydrogen) atoms. The molecule has 1 aliphatic carbocycles. The summed E-state index contributed by atoms with van der Waals surface area (Å²) in [6.07, 6.45) is -3.43. The monoisotopic (exact) mass is 273 g/mol. The smallest absolute Gasteiger partial charge is 0.348 e. The van der Waals surface area contributed by atoms with Crippen molar-refractivity contribution in [2.24, 2.45) is 5.41 Å². The van der Waals surface area contributed by atoms with Crippen LogP contribution in [0.3, 0.4) is 0 Å². The van der Waals surface area contributed by atoms with Gasteiger partial charge in [-0.25, -0.2) is 0 Å². The van der Waals surface area contributed by atoms with E-state index in [0.29, 0.717) is 19.3 Å². The highest BCUT2D eigenvalue weighted by molar-refractivity contribution is 5.84. The molecular weight excluding hydrogens is 257 g/mol. The van der Waals surface area contributed by atoms with Gasteiger partial charge < -0.3 is 5.32 Å². The summed E-state index contributed by atoms with van der Waals surface area (Å²) < 4.78 is 61.4. The first kappa shape index (κ1) is 15.2. The van der Waals surface area contributed by atoms with Crippen LogP contribution in [0.1, 0.15) is 39.5 Å². The van der Waals surface area contributed by atoms with Crippen molar-refractivity contribution in [3.63, 3.8) is 0 Å². The Morgan fingerprint density at radius 2 is 1.78 bits per heavy atom. The maximum absolute atomic E-state index is 12.7. The van der Waals surface area contributed by atoms with Crippen molar-refractivity contribution in [2.45, 2.75) is 57.7 Å². The molecule has 0 aromatic carbocycles. The van der Waals surface area contributed by atoms with E-state index in [9.17, 15) is 26.7 Å². The predicted molar refractivity (Wildman–Crippen MR) is 55.2 cm³/mol. The van der Waals surface area contributed by atoms with Crippen molar-refractivity contribution < 1.29 is 26.7 Å². The van der Waals surface area contributed by atoms with Gasteiger partial charge in [-0.05, 0) is 24.7 Å². The third kappa shape index (κ3) is 3.32. The molecule has 2 nitrogen and oxygen atoms in total. The quantitative estimate of drug-likeness (QED) is 0.769. The van der Waals surface area contributed by atoms with Gasteiger partial charge in [0.15, 0.2) is 0 Å². The topological polar surface area (TPSA) is 29.1 Å². The lowest BCUT2D eigenvalue weighted by Gasteiger charge is -2.36. The Morgan fingerprint density at radius 1 is 1.22 bits per heavy atom. The molecule has 1 saturated carbocycles. The minimum absolute atomic E-state index is 0.149. The number of hydrogen-bond donors (Lipinski definition) is 1. The Hall–Kier alpha value is -0.880. The molecule has 1 atom stereocenters. The SMILES string of the molecule is CC1(C)CCCC(NC(=O)C(F)(F)C(F)(F)F)C1. The average molecular weight is 273 g/mol. The number of hydrogen-bond acceptors (Lipinski definition) is 1. The summed E-state index contributed by atoms with van der Waals surface area (Å²) in [5.74, 6) is -7.58. The maximum Gasteiger partial charge on any atom is 0.463 e. The average Bonchev–Trinajstić information content (AvgIpc) is 2.13. The summed E-state index contributed by atoms with van der Waals surface area (Å²) in [5.41, 5.74) is -0.149. The van der Waals surface area contributed by atoms with E-state index in [-0.39, 0.29) is 5.41 Å². The number of carbonyl (C=O) groups excluding carboxylic acids is 1. The Bertz CT molecular complexity index is 324. The molecule has 0 aromatic rings. The fourth-order valence-electron chi connectivity index (χ4n) is 2.23. The highest BCUT2D eigenvalue weighted by Gasteiger charge is 2.63. The first-order valence-electron chi connectivity index (χ1n) is 5.71. The van der Waals surface area contributed by atoms with Gasteiger partial charge >= 0.3 is 18.0 Å². The zero-order chi connectivity index (χ0) is 14.2.